The molecule has 1 saturated heterocycles. The van der Waals surface area contributed by atoms with Gasteiger partial charge in [-0.3, -0.25) is 9.20 Å². The molecule has 1 fully saturated rings. The molecule has 0 spiro atoms. The molecule has 0 unspecified atom stereocenters. The fourth-order valence-electron chi connectivity index (χ4n) is 4.83. The van der Waals surface area contributed by atoms with Crippen molar-refractivity contribution in [3.05, 3.63) is 102 Å². The smallest absolute Gasteiger partial charge is 0.257 e. The van der Waals surface area contributed by atoms with E-state index in [0.717, 1.165) is 35.4 Å². The van der Waals surface area contributed by atoms with E-state index in [1.807, 2.05) is 64.9 Å². The minimum Gasteiger partial charge on any atom is -0.338 e. The van der Waals surface area contributed by atoms with Crippen molar-refractivity contribution in [3.63, 3.8) is 0 Å². The lowest BCUT2D eigenvalue weighted by atomic mass is 9.95. The van der Waals surface area contributed by atoms with Crippen molar-refractivity contribution in [2.45, 2.75) is 25.7 Å². The van der Waals surface area contributed by atoms with Crippen molar-refractivity contribution >= 4 is 11.6 Å². The Bertz CT molecular complexity index is 1530. The van der Waals surface area contributed by atoms with Gasteiger partial charge in [-0.2, -0.15) is 5.10 Å². The summed E-state index contributed by atoms with van der Waals surface area (Å²) in [4.78, 5) is 15.6. The molecule has 7 nitrogen and oxygen atoms in total. The van der Waals surface area contributed by atoms with E-state index in [-0.39, 0.29) is 17.6 Å². The monoisotopic (exact) mass is 480 g/mol. The lowest BCUT2D eigenvalue weighted by molar-refractivity contribution is 0.0711. The molecule has 180 valence electrons. The number of amides is 1. The van der Waals surface area contributed by atoms with Crippen molar-refractivity contribution in [2.24, 2.45) is 0 Å². The van der Waals surface area contributed by atoms with Crippen molar-refractivity contribution in [3.8, 4) is 16.9 Å². The van der Waals surface area contributed by atoms with Gasteiger partial charge in [0.05, 0.1) is 11.3 Å². The number of carbonyl (C=O) groups is 1. The SMILES string of the molecule is Cc1ccc(-c2nn(-c3ccc(F)cc3)cc2C(=O)N2CCC(c3nnc4ccccn34)CC2)cc1. The second-order valence-corrected chi connectivity index (χ2v) is 9.23. The molecule has 3 aromatic heterocycles. The van der Waals surface area contributed by atoms with Crippen molar-refractivity contribution < 1.29 is 9.18 Å². The summed E-state index contributed by atoms with van der Waals surface area (Å²) in [6.45, 7) is 3.27. The zero-order chi connectivity index (χ0) is 24.6. The third-order valence-electron chi connectivity index (χ3n) is 6.85. The molecule has 0 atom stereocenters. The van der Waals surface area contributed by atoms with Crippen LogP contribution in [0.25, 0.3) is 22.6 Å². The Kier molecular flexibility index (Phi) is 5.56. The molecule has 0 aliphatic carbocycles. The Balaban J connectivity index is 1.28. The van der Waals surface area contributed by atoms with E-state index in [0.29, 0.717) is 30.0 Å². The number of fused-ring (bicyclic) bond motifs is 1. The second-order valence-electron chi connectivity index (χ2n) is 9.23. The minimum absolute atomic E-state index is 0.0523. The van der Waals surface area contributed by atoms with E-state index in [2.05, 4.69) is 10.2 Å². The standard InChI is InChI=1S/C28H25FN6O/c1-19-5-7-20(8-6-19)26-24(18-35(32-26)23-11-9-22(29)10-12-23)28(36)33-16-13-21(14-17-33)27-31-30-25-4-2-3-15-34(25)27/h2-12,15,18,21H,13-14,16-17H2,1H3. The van der Waals surface area contributed by atoms with Gasteiger partial charge < -0.3 is 4.90 Å². The number of rotatable bonds is 4. The Morgan fingerprint density at radius 3 is 2.44 bits per heavy atom. The molecular formula is C28H25FN6O. The second kappa shape index (κ2) is 9.03. The van der Waals surface area contributed by atoms with Gasteiger partial charge in [0.15, 0.2) is 5.65 Å². The predicted molar refractivity (Wildman–Crippen MR) is 135 cm³/mol. The highest BCUT2D eigenvalue weighted by molar-refractivity contribution is 6.00. The predicted octanol–water partition coefficient (Wildman–Crippen LogP) is 5.05. The van der Waals surface area contributed by atoms with Gasteiger partial charge >= 0.3 is 0 Å². The van der Waals surface area contributed by atoms with Gasteiger partial charge in [0.2, 0.25) is 0 Å². The number of halogens is 1. The van der Waals surface area contributed by atoms with Crippen LogP contribution in [0.3, 0.4) is 0 Å². The summed E-state index contributed by atoms with van der Waals surface area (Å²) in [6.07, 6.45) is 5.36. The molecule has 2 aromatic carbocycles. The molecule has 0 radical (unpaired) electrons. The van der Waals surface area contributed by atoms with E-state index in [1.54, 1.807) is 23.0 Å². The molecule has 0 N–H and O–H groups in total. The first-order chi connectivity index (χ1) is 17.6. The lowest BCUT2D eigenvalue weighted by Crippen LogP contribution is -2.38. The third kappa shape index (κ3) is 4.04. The van der Waals surface area contributed by atoms with E-state index < -0.39 is 0 Å². The van der Waals surface area contributed by atoms with Crippen LogP contribution in [-0.2, 0) is 0 Å². The molecule has 8 heteroatoms. The van der Waals surface area contributed by atoms with Gasteiger partial charge in [0.1, 0.15) is 17.3 Å². The van der Waals surface area contributed by atoms with Crippen LogP contribution in [-0.4, -0.2) is 48.3 Å². The maximum Gasteiger partial charge on any atom is 0.257 e. The number of hydrogen-bond acceptors (Lipinski definition) is 4. The molecular weight excluding hydrogens is 455 g/mol. The zero-order valence-corrected chi connectivity index (χ0v) is 19.9. The van der Waals surface area contributed by atoms with Crippen molar-refractivity contribution in [1.29, 1.82) is 0 Å². The van der Waals surface area contributed by atoms with Crippen LogP contribution in [0.4, 0.5) is 4.39 Å². The van der Waals surface area contributed by atoms with Gasteiger partial charge in [-0.05, 0) is 56.2 Å². The molecule has 36 heavy (non-hydrogen) atoms. The molecule has 6 rings (SSSR count). The zero-order valence-electron chi connectivity index (χ0n) is 19.9. The number of likely N-dealkylation sites (tertiary alicyclic amines) is 1. The van der Waals surface area contributed by atoms with E-state index >= 15 is 0 Å². The molecule has 1 amide bonds. The quantitative estimate of drug-likeness (QED) is 0.361. The molecule has 1 aliphatic heterocycles. The highest BCUT2D eigenvalue weighted by Crippen LogP contribution is 2.30. The highest BCUT2D eigenvalue weighted by Gasteiger charge is 2.30. The summed E-state index contributed by atoms with van der Waals surface area (Å²) in [7, 11) is 0. The first-order valence-corrected chi connectivity index (χ1v) is 12.1. The molecule has 0 bridgehead atoms. The van der Waals surface area contributed by atoms with E-state index in [9.17, 15) is 9.18 Å². The fraction of sp³-hybridized carbons (Fsp3) is 0.214. The number of pyridine rings is 1. The number of aromatic nitrogens is 5. The van der Waals surface area contributed by atoms with Gasteiger partial charge in [0.25, 0.3) is 5.91 Å². The molecule has 4 heterocycles. The van der Waals surface area contributed by atoms with Gasteiger partial charge in [0, 0.05) is 37.0 Å². The fourth-order valence-corrected chi connectivity index (χ4v) is 4.83. The van der Waals surface area contributed by atoms with Crippen LogP contribution in [0.5, 0.6) is 0 Å². The molecule has 5 aromatic rings. The Morgan fingerprint density at radius 1 is 0.944 bits per heavy atom. The average Bonchev–Trinajstić information content (AvgIpc) is 3.55. The van der Waals surface area contributed by atoms with Crippen molar-refractivity contribution in [2.75, 3.05) is 13.1 Å². The normalized spacial score (nSPS) is 14.4. The van der Waals surface area contributed by atoms with Crippen LogP contribution in [0.1, 0.15) is 40.5 Å². The number of carbonyl (C=O) groups excluding carboxylic acids is 1. The summed E-state index contributed by atoms with van der Waals surface area (Å²) < 4.78 is 17.2. The molecule has 0 saturated carbocycles. The summed E-state index contributed by atoms with van der Waals surface area (Å²) in [6, 6.07) is 19.9. The van der Waals surface area contributed by atoms with Crippen molar-refractivity contribution in [1.82, 2.24) is 29.3 Å². The maximum atomic E-state index is 13.7. The Labute approximate surface area is 207 Å². The maximum absolute atomic E-state index is 13.7. The van der Waals surface area contributed by atoms with Gasteiger partial charge in [-0.15, -0.1) is 10.2 Å². The average molecular weight is 481 g/mol. The Morgan fingerprint density at radius 2 is 1.69 bits per heavy atom. The number of piperidine rings is 1. The highest BCUT2D eigenvalue weighted by atomic mass is 19.1. The summed E-state index contributed by atoms with van der Waals surface area (Å²) in [5.74, 6) is 0.819. The van der Waals surface area contributed by atoms with E-state index in [4.69, 9.17) is 5.10 Å². The van der Waals surface area contributed by atoms with E-state index in [1.165, 1.54) is 12.1 Å². The van der Waals surface area contributed by atoms with Gasteiger partial charge in [-0.1, -0.05) is 35.9 Å². The van der Waals surface area contributed by atoms with Crippen LogP contribution in [0.2, 0.25) is 0 Å². The minimum atomic E-state index is -0.315. The number of aryl methyl sites for hydroxylation is 1. The summed E-state index contributed by atoms with van der Waals surface area (Å²) >= 11 is 0. The third-order valence-corrected chi connectivity index (χ3v) is 6.85. The number of hydrogen-bond donors (Lipinski definition) is 0. The van der Waals surface area contributed by atoms with Gasteiger partial charge in [-0.25, -0.2) is 9.07 Å². The largest absolute Gasteiger partial charge is 0.338 e. The topological polar surface area (TPSA) is 68.3 Å². The van der Waals surface area contributed by atoms with Crippen LogP contribution in [0, 0.1) is 12.7 Å². The lowest BCUT2D eigenvalue weighted by Gasteiger charge is -2.31. The van der Waals surface area contributed by atoms with Crippen LogP contribution < -0.4 is 0 Å². The first-order valence-electron chi connectivity index (χ1n) is 12.1. The summed E-state index contributed by atoms with van der Waals surface area (Å²) in [5, 5.41) is 13.4. The number of nitrogens with zero attached hydrogens (tertiary/aromatic N) is 6. The van der Waals surface area contributed by atoms with Crippen LogP contribution in [0.15, 0.2) is 79.1 Å². The first kappa shape index (κ1) is 22.2. The van der Waals surface area contributed by atoms with Crippen LogP contribution >= 0.6 is 0 Å². The Hall–Kier alpha value is -4.33. The number of benzene rings is 2. The molecule has 1 aliphatic rings. The summed E-state index contributed by atoms with van der Waals surface area (Å²) in [5.41, 5.74) is 4.69.